The number of nitrogens with zero attached hydrogens (tertiary/aromatic N) is 1. The molecular weight excluding hydrogens is 224 g/mol. The Labute approximate surface area is 106 Å². The minimum Gasteiger partial charge on any atom is -0.456 e. The summed E-state index contributed by atoms with van der Waals surface area (Å²) in [5, 5.41) is 8.99. The molecule has 0 heterocycles. The van der Waals surface area contributed by atoms with Crippen LogP contribution in [0.4, 0.5) is 0 Å². The van der Waals surface area contributed by atoms with E-state index in [0.717, 1.165) is 5.56 Å². The second-order valence-corrected chi connectivity index (χ2v) is 4.07. The lowest BCUT2D eigenvalue weighted by Crippen LogP contribution is -2.04. The molecule has 18 heavy (non-hydrogen) atoms. The minimum atomic E-state index is -0.0419. The third kappa shape index (κ3) is 2.68. The van der Waals surface area contributed by atoms with Crippen molar-refractivity contribution >= 4 is 0 Å². The van der Waals surface area contributed by atoms with E-state index in [1.54, 1.807) is 12.1 Å². The summed E-state index contributed by atoms with van der Waals surface area (Å²) < 4.78 is 5.71. The number of hydrogen-bond donors (Lipinski definition) is 1. The fourth-order valence-corrected chi connectivity index (χ4v) is 1.64. The molecule has 0 aliphatic carbocycles. The Morgan fingerprint density at radius 3 is 2.67 bits per heavy atom. The first-order valence-corrected chi connectivity index (χ1v) is 5.73. The predicted molar refractivity (Wildman–Crippen MR) is 70.3 cm³/mol. The van der Waals surface area contributed by atoms with Gasteiger partial charge in [-0.25, -0.2) is 0 Å². The van der Waals surface area contributed by atoms with E-state index < -0.39 is 0 Å². The molecule has 0 bridgehead atoms. The maximum absolute atomic E-state index is 8.99. The van der Waals surface area contributed by atoms with Gasteiger partial charge in [0, 0.05) is 6.04 Å². The number of ether oxygens (including phenoxy) is 1. The van der Waals surface area contributed by atoms with Crippen molar-refractivity contribution in [2.24, 2.45) is 5.73 Å². The molecule has 2 aromatic rings. The van der Waals surface area contributed by atoms with Gasteiger partial charge in [-0.1, -0.05) is 24.3 Å². The summed E-state index contributed by atoms with van der Waals surface area (Å²) in [7, 11) is 0. The van der Waals surface area contributed by atoms with Gasteiger partial charge in [-0.05, 0) is 36.8 Å². The summed E-state index contributed by atoms with van der Waals surface area (Å²) in [6, 6.07) is 16.8. The molecule has 90 valence electrons. The highest BCUT2D eigenvalue weighted by atomic mass is 16.5. The SMILES string of the molecule is CC(N)c1cccc(Oc2ccccc2C#N)c1. The maximum Gasteiger partial charge on any atom is 0.145 e. The normalized spacial score (nSPS) is 11.6. The lowest BCUT2D eigenvalue weighted by atomic mass is 10.1. The van der Waals surface area contributed by atoms with Gasteiger partial charge >= 0.3 is 0 Å². The Bertz CT molecular complexity index is 585. The van der Waals surface area contributed by atoms with Crippen molar-refractivity contribution in [2.75, 3.05) is 0 Å². The van der Waals surface area contributed by atoms with Crippen LogP contribution < -0.4 is 10.5 Å². The van der Waals surface area contributed by atoms with Crippen LogP contribution in [-0.4, -0.2) is 0 Å². The van der Waals surface area contributed by atoms with E-state index in [-0.39, 0.29) is 6.04 Å². The monoisotopic (exact) mass is 238 g/mol. The number of nitriles is 1. The average Bonchev–Trinajstić information content (AvgIpc) is 2.39. The standard InChI is InChI=1S/C15H14N2O/c1-11(17)12-6-4-7-14(9-12)18-15-8-3-2-5-13(15)10-16/h2-9,11H,17H2,1H3. The minimum absolute atomic E-state index is 0.0419. The Kier molecular flexibility index (Phi) is 3.61. The zero-order chi connectivity index (χ0) is 13.0. The van der Waals surface area contributed by atoms with Gasteiger partial charge in [0.15, 0.2) is 0 Å². The van der Waals surface area contributed by atoms with Crippen molar-refractivity contribution in [1.29, 1.82) is 5.26 Å². The second-order valence-electron chi connectivity index (χ2n) is 4.07. The summed E-state index contributed by atoms with van der Waals surface area (Å²) in [4.78, 5) is 0. The van der Waals surface area contributed by atoms with Gasteiger partial charge in [0.05, 0.1) is 5.56 Å². The number of hydrogen-bond acceptors (Lipinski definition) is 3. The molecule has 0 saturated carbocycles. The van der Waals surface area contributed by atoms with E-state index in [1.165, 1.54) is 0 Å². The summed E-state index contributed by atoms with van der Waals surface area (Å²) in [6.45, 7) is 1.92. The third-order valence-corrected chi connectivity index (χ3v) is 2.62. The van der Waals surface area contributed by atoms with Crippen LogP contribution in [0.5, 0.6) is 11.5 Å². The molecule has 1 atom stereocenters. The van der Waals surface area contributed by atoms with Gasteiger partial charge in [-0.3, -0.25) is 0 Å². The summed E-state index contributed by atoms with van der Waals surface area (Å²) in [6.07, 6.45) is 0. The molecule has 0 amide bonds. The Morgan fingerprint density at radius 1 is 1.17 bits per heavy atom. The molecule has 2 aromatic carbocycles. The van der Waals surface area contributed by atoms with E-state index in [0.29, 0.717) is 17.1 Å². The van der Waals surface area contributed by atoms with Gasteiger partial charge in [-0.15, -0.1) is 0 Å². The fourth-order valence-electron chi connectivity index (χ4n) is 1.64. The van der Waals surface area contributed by atoms with Crippen LogP contribution in [0.3, 0.4) is 0 Å². The highest BCUT2D eigenvalue weighted by Gasteiger charge is 2.05. The molecule has 3 nitrogen and oxygen atoms in total. The second kappa shape index (κ2) is 5.35. The molecular formula is C15H14N2O. The zero-order valence-electron chi connectivity index (χ0n) is 10.1. The Balaban J connectivity index is 2.29. The first-order chi connectivity index (χ1) is 8.70. The molecule has 0 fully saturated rings. The molecule has 2 N–H and O–H groups in total. The molecule has 0 saturated heterocycles. The third-order valence-electron chi connectivity index (χ3n) is 2.62. The van der Waals surface area contributed by atoms with Gasteiger partial charge in [-0.2, -0.15) is 5.26 Å². The maximum atomic E-state index is 8.99. The van der Waals surface area contributed by atoms with Crippen molar-refractivity contribution in [1.82, 2.24) is 0 Å². The molecule has 0 aliphatic rings. The number of para-hydroxylation sites is 1. The van der Waals surface area contributed by atoms with Crippen LogP contribution in [0.15, 0.2) is 48.5 Å². The van der Waals surface area contributed by atoms with E-state index in [2.05, 4.69) is 6.07 Å². The van der Waals surface area contributed by atoms with E-state index in [1.807, 2.05) is 43.3 Å². The van der Waals surface area contributed by atoms with Crippen LogP contribution in [0, 0.1) is 11.3 Å². The van der Waals surface area contributed by atoms with Crippen LogP contribution >= 0.6 is 0 Å². The fraction of sp³-hybridized carbons (Fsp3) is 0.133. The summed E-state index contributed by atoms with van der Waals surface area (Å²) in [5.41, 5.74) is 7.34. The highest BCUT2D eigenvalue weighted by Crippen LogP contribution is 2.26. The van der Waals surface area contributed by atoms with Gasteiger partial charge < -0.3 is 10.5 Å². The van der Waals surface area contributed by atoms with Crippen molar-refractivity contribution in [2.45, 2.75) is 13.0 Å². The predicted octanol–water partition coefficient (Wildman–Crippen LogP) is 3.37. The van der Waals surface area contributed by atoms with E-state index in [9.17, 15) is 0 Å². The smallest absolute Gasteiger partial charge is 0.145 e. The lowest BCUT2D eigenvalue weighted by Gasteiger charge is -2.10. The Hall–Kier alpha value is -2.31. The summed E-state index contributed by atoms with van der Waals surface area (Å²) >= 11 is 0. The summed E-state index contributed by atoms with van der Waals surface area (Å²) in [5.74, 6) is 1.24. The van der Waals surface area contributed by atoms with Gasteiger partial charge in [0.1, 0.15) is 17.6 Å². The lowest BCUT2D eigenvalue weighted by molar-refractivity contribution is 0.480. The molecule has 1 unspecified atom stereocenters. The topological polar surface area (TPSA) is 59.0 Å². The number of benzene rings is 2. The van der Waals surface area contributed by atoms with Crippen molar-refractivity contribution in [3.8, 4) is 17.6 Å². The first kappa shape index (κ1) is 12.2. The van der Waals surface area contributed by atoms with E-state index >= 15 is 0 Å². The van der Waals surface area contributed by atoms with Gasteiger partial charge in [0.2, 0.25) is 0 Å². The Morgan fingerprint density at radius 2 is 1.94 bits per heavy atom. The molecule has 3 heteroatoms. The first-order valence-electron chi connectivity index (χ1n) is 5.73. The molecule has 2 rings (SSSR count). The number of rotatable bonds is 3. The molecule has 0 radical (unpaired) electrons. The quantitative estimate of drug-likeness (QED) is 0.891. The van der Waals surface area contributed by atoms with E-state index in [4.69, 9.17) is 15.7 Å². The van der Waals surface area contributed by atoms with Crippen LogP contribution in [-0.2, 0) is 0 Å². The molecule has 0 spiro atoms. The molecule has 0 aromatic heterocycles. The van der Waals surface area contributed by atoms with Crippen molar-refractivity contribution in [3.63, 3.8) is 0 Å². The highest BCUT2D eigenvalue weighted by molar-refractivity contribution is 5.45. The number of nitrogens with two attached hydrogens (primary N) is 1. The van der Waals surface area contributed by atoms with Crippen LogP contribution in [0.25, 0.3) is 0 Å². The van der Waals surface area contributed by atoms with Crippen molar-refractivity contribution < 1.29 is 4.74 Å². The average molecular weight is 238 g/mol. The van der Waals surface area contributed by atoms with Gasteiger partial charge in [0.25, 0.3) is 0 Å². The largest absolute Gasteiger partial charge is 0.456 e. The van der Waals surface area contributed by atoms with Crippen LogP contribution in [0.1, 0.15) is 24.1 Å². The zero-order valence-corrected chi connectivity index (χ0v) is 10.1. The van der Waals surface area contributed by atoms with Crippen LogP contribution in [0.2, 0.25) is 0 Å². The van der Waals surface area contributed by atoms with Crippen molar-refractivity contribution in [3.05, 3.63) is 59.7 Å². The molecule has 0 aliphatic heterocycles.